The summed E-state index contributed by atoms with van der Waals surface area (Å²) in [6, 6.07) is 16.2. The number of hydrogen-bond donors (Lipinski definition) is 1. The van der Waals surface area contributed by atoms with Gasteiger partial charge in [-0.1, -0.05) is 0 Å². The van der Waals surface area contributed by atoms with E-state index in [0.717, 1.165) is 16.6 Å². The van der Waals surface area contributed by atoms with Crippen LogP contribution in [0.4, 0.5) is 0 Å². The molecule has 4 heteroatoms. The molecule has 2 rings (SSSR count). The fourth-order valence-electron chi connectivity index (χ4n) is 2.39. The van der Waals surface area contributed by atoms with Gasteiger partial charge in [0.25, 0.3) is 0 Å². The summed E-state index contributed by atoms with van der Waals surface area (Å²) in [5, 5.41) is 12.0. The Labute approximate surface area is 149 Å². The monoisotopic (exact) mass is 396 g/mol. The number of hydrogen-bond acceptors (Lipinski definition) is 3. The molecular weight excluding hydrogens is 371 g/mol. The Hall–Kier alpha value is -0.931. The van der Waals surface area contributed by atoms with Gasteiger partial charge in [0.1, 0.15) is 0 Å². The fourth-order valence-corrected chi connectivity index (χ4v) is 5.73. The Balaban J connectivity index is 2.26. The molecule has 0 aliphatic carbocycles. The van der Waals surface area contributed by atoms with E-state index in [1.807, 2.05) is 55.1 Å². The molecule has 2 aromatic rings. The van der Waals surface area contributed by atoms with Gasteiger partial charge < -0.3 is 0 Å². The van der Waals surface area contributed by atoms with E-state index >= 15 is 0 Å². The molecule has 23 heavy (non-hydrogen) atoms. The molecule has 0 aromatic heterocycles. The van der Waals surface area contributed by atoms with Crippen LogP contribution >= 0.6 is 11.8 Å². The van der Waals surface area contributed by atoms with Gasteiger partial charge in [-0.15, -0.1) is 0 Å². The first-order valence-electron chi connectivity index (χ1n) is 7.60. The molecule has 1 N–H and O–H groups in total. The van der Waals surface area contributed by atoms with Crippen molar-refractivity contribution in [1.82, 2.24) is 0 Å². The molecule has 0 aliphatic heterocycles. The quantitative estimate of drug-likeness (QED) is 0.724. The van der Waals surface area contributed by atoms with E-state index in [9.17, 15) is 5.11 Å². The van der Waals surface area contributed by atoms with Crippen LogP contribution < -0.4 is 9.20 Å². The second-order valence-corrected chi connectivity index (χ2v) is 8.93. The second-order valence-electron chi connectivity index (χ2n) is 5.69. The Bertz CT molecular complexity index is 629. The zero-order chi connectivity index (χ0) is 16.9. The van der Waals surface area contributed by atoms with Crippen molar-refractivity contribution in [2.24, 2.45) is 0 Å². The van der Waals surface area contributed by atoms with Crippen molar-refractivity contribution in [2.75, 3.05) is 13.4 Å². The minimum absolute atomic E-state index is 0.130. The van der Waals surface area contributed by atoms with Gasteiger partial charge in [0, 0.05) is 0 Å². The van der Waals surface area contributed by atoms with Crippen molar-refractivity contribution in [3.05, 3.63) is 59.7 Å². The molecular formula is C19H24O2SSe. The molecule has 124 valence electrons. The van der Waals surface area contributed by atoms with Crippen molar-refractivity contribution < 1.29 is 9.84 Å². The number of methoxy groups -OCH3 is 1. The molecule has 0 radical (unpaired) electrons. The third kappa shape index (κ3) is 4.54. The Morgan fingerprint density at radius 3 is 2.48 bits per heavy atom. The molecule has 0 aliphatic rings. The SMILES string of the molecule is COc1cccc([C@H](C)SC)c1[Se]CC(C)(O)c1ccccc1. The fraction of sp³-hybridized carbons (Fsp3) is 0.368. The summed E-state index contributed by atoms with van der Waals surface area (Å²) >= 11 is 1.96. The molecule has 1 unspecified atom stereocenters. The van der Waals surface area contributed by atoms with E-state index in [1.54, 1.807) is 7.11 Å². The minimum atomic E-state index is -0.817. The van der Waals surface area contributed by atoms with Crippen LogP contribution in [0.1, 0.15) is 30.2 Å². The molecule has 0 spiro atoms. The maximum atomic E-state index is 10.9. The van der Waals surface area contributed by atoms with Crippen molar-refractivity contribution in [1.29, 1.82) is 0 Å². The van der Waals surface area contributed by atoms with Crippen LogP contribution in [0, 0.1) is 0 Å². The van der Waals surface area contributed by atoms with Crippen molar-refractivity contribution in [2.45, 2.75) is 30.0 Å². The average Bonchev–Trinajstić information content (AvgIpc) is 2.59. The number of aliphatic hydroxyl groups is 1. The average molecular weight is 395 g/mol. The summed E-state index contributed by atoms with van der Waals surface area (Å²) in [4.78, 5) is 0. The van der Waals surface area contributed by atoms with E-state index in [1.165, 1.54) is 10.0 Å². The zero-order valence-corrected chi connectivity index (χ0v) is 16.6. The van der Waals surface area contributed by atoms with Gasteiger partial charge in [-0.3, -0.25) is 0 Å². The molecule has 2 atom stereocenters. The van der Waals surface area contributed by atoms with E-state index in [-0.39, 0.29) is 15.0 Å². The van der Waals surface area contributed by atoms with Crippen molar-refractivity contribution >= 4 is 31.2 Å². The van der Waals surface area contributed by atoms with Crippen LogP contribution in [0.2, 0.25) is 5.32 Å². The van der Waals surface area contributed by atoms with E-state index < -0.39 is 5.60 Å². The summed E-state index contributed by atoms with van der Waals surface area (Å²) < 4.78 is 6.84. The van der Waals surface area contributed by atoms with E-state index in [2.05, 4.69) is 25.3 Å². The third-order valence-electron chi connectivity index (χ3n) is 3.91. The molecule has 0 saturated carbocycles. The van der Waals surface area contributed by atoms with Crippen LogP contribution in [-0.2, 0) is 5.60 Å². The Morgan fingerprint density at radius 2 is 1.87 bits per heavy atom. The second kappa shape index (κ2) is 8.25. The van der Waals surface area contributed by atoms with Crippen LogP contribution in [0.5, 0.6) is 5.75 Å². The molecule has 0 saturated heterocycles. The molecule has 0 bridgehead atoms. The van der Waals surface area contributed by atoms with Gasteiger partial charge in [0.15, 0.2) is 0 Å². The molecule has 2 aromatic carbocycles. The molecule has 0 fully saturated rings. The predicted octanol–water partition coefficient (Wildman–Crippen LogP) is 3.77. The first kappa shape index (κ1) is 18.4. The summed E-state index contributed by atoms with van der Waals surface area (Å²) in [5.74, 6) is 0.937. The van der Waals surface area contributed by atoms with Crippen LogP contribution in [-0.4, -0.2) is 33.4 Å². The first-order chi connectivity index (χ1) is 11.0. The Morgan fingerprint density at radius 1 is 1.17 bits per heavy atom. The zero-order valence-electron chi connectivity index (χ0n) is 14.1. The topological polar surface area (TPSA) is 29.5 Å². The standard InChI is InChI=1S/C19H24O2SSe/c1-14(22-4)16-11-8-12-17(21-3)18(16)23-13-19(2,20)15-9-6-5-7-10-15/h5-12,14,20H,13H2,1-4H3/t14-,19?/m0/s1. The molecule has 0 amide bonds. The summed E-state index contributed by atoms with van der Waals surface area (Å²) in [6.07, 6.45) is 2.13. The first-order valence-corrected chi connectivity index (χ1v) is 11.0. The molecule has 2 nitrogen and oxygen atoms in total. The summed E-state index contributed by atoms with van der Waals surface area (Å²) in [7, 11) is 1.72. The van der Waals surface area contributed by atoms with Crippen LogP contribution in [0.25, 0.3) is 0 Å². The molecule has 0 heterocycles. The van der Waals surface area contributed by atoms with E-state index in [0.29, 0.717) is 5.25 Å². The number of rotatable bonds is 7. The number of thioether (sulfide) groups is 1. The number of ether oxygens (including phenoxy) is 1. The van der Waals surface area contributed by atoms with Crippen LogP contribution in [0.15, 0.2) is 48.5 Å². The van der Waals surface area contributed by atoms with E-state index in [4.69, 9.17) is 4.74 Å². The predicted molar refractivity (Wildman–Crippen MR) is 101 cm³/mol. The van der Waals surface area contributed by atoms with Crippen molar-refractivity contribution in [3.63, 3.8) is 0 Å². The van der Waals surface area contributed by atoms with Gasteiger partial charge in [-0.2, -0.15) is 0 Å². The van der Waals surface area contributed by atoms with Gasteiger partial charge >= 0.3 is 150 Å². The van der Waals surface area contributed by atoms with Crippen molar-refractivity contribution in [3.8, 4) is 5.75 Å². The van der Waals surface area contributed by atoms with Gasteiger partial charge in [-0.05, 0) is 0 Å². The van der Waals surface area contributed by atoms with Gasteiger partial charge in [-0.25, -0.2) is 0 Å². The summed E-state index contributed by atoms with van der Waals surface area (Å²) in [5.41, 5.74) is 1.47. The number of benzene rings is 2. The summed E-state index contributed by atoms with van der Waals surface area (Å²) in [6.45, 7) is 4.12. The van der Waals surface area contributed by atoms with Gasteiger partial charge in [0.2, 0.25) is 0 Å². The van der Waals surface area contributed by atoms with Crippen LogP contribution in [0.3, 0.4) is 0 Å². The van der Waals surface area contributed by atoms with Gasteiger partial charge in [0.05, 0.1) is 0 Å². The normalized spacial score (nSPS) is 15.0. The maximum absolute atomic E-state index is 10.9. The Kier molecular flexibility index (Phi) is 6.60. The third-order valence-corrected chi connectivity index (χ3v) is 7.88.